The summed E-state index contributed by atoms with van der Waals surface area (Å²) in [6, 6.07) is 9.06. The zero-order chi connectivity index (χ0) is 18.4. The van der Waals surface area contributed by atoms with Gasteiger partial charge in [-0.2, -0.15) is 0 Å². The second-order valence-electron chi connectivity index (χ2n) is 5.39. The molecule has 1 aromatic heterocycles. The van der Waals surface area contributed by atoms with Crippen LogP contribution in [0.5, 0.6) is 0 Å². The number of hydrogen-bond donors (Lipinski definition) is 2. The molecule has 2 rings (SSSR count). The summed E-state index contributed by atoms with van der Waals surface area (Å²) in [5.41, 5.74) is 0.467. The minimum atomic E-state index is -0.810. The number of carbonyl (C=O) groups excluding carboxylic acids is 3. The highest BCUT2D eigenvalue weighted by atomic mass is 35.5. The molecule has 2 N–H and O–H groups in total. The van der Waals surface area contributed by atoms with Gasteiger partial charge in [0.1, 0.15) is 6.04 Å². The summed E-state index contributed by atoms with van der Waals surface area (Å²) in [5, 5.41) is 5.56. The molecule has 0 radical (unpaired) electrons. The van der Waals surface area contributed by atoms with E-state index >= 15 is 0 Å². The van der Waals surface area contributed by atoms with Gasteiger partial charge < -0.3 is 20.0 Å². The Bertz CT molecular complexity index is 761. The lowest BCUT2D eigenvalue weighted by atomic mass is 10.2. The predicted octanol–water partition coefficient (Wildman–Crippen LogP) is 2.15. The van der Waals surface area contributed by atoms with Crippen molar-refractivity contribution < 1.29 is 18.8 Å². The van der Waals surface area contributed by atoms with Crippen molar-refractivity contribution in [3.8, 4) is 0 Å². The van der Waals surface area contributed by atoms with Gasteiger partial charge in [-0.15, -0.1) is 0 Å². The lowest BCUT2D eigenvalue weighted by Crippen LogP contribution is -2.47. The van der Waals surface area contributed by atoms with Crippen molar-refractivity contribution in [2.24, 2.45) is 0 Å². The molecular formula is C17H18ClN3O4. The van der Waals surface area contributed by atoms with E-state index in [1.54, 1.807) is 30.3 Å². The molecule has 0 fully saturated rings. The Hall–Kier alpha value is -2.80. The Balaban J connectivity index is 1.87. The summed E-state index contributed by atoms with van der Waals surface area (Å²) in [6.07, 6.45) is 1.37. The number of nitrogens with one attached hydrogen (secondary N) is 2. The molecule has 7 nitrogen and oxygen atoms in total. The van der Waals surface area contributed by atoms with Gasteiger partial charge in [0.05, 0.1) is 23.5 Å². The number of furan rings is 1. The van der Waals surface area contributed by atoms with Gasteiger partial charge in [-0.1, -0.05) is 23.7 Å². The van der Waals surface area contributed by atoms with Gasteiger partial charge in [0, 0.05) is 7.05 Å². The molecule has 3 amide bonds. The number of nitrogens with zero attached hydrogens (tertiary/aromatic N) is 1. The summed E-state index contributed by atoms with van der Waals surface area (Å²) in [6.45, 7) is 1.36. The molecular weight excluding hydrogens is 346 g/mol. The molecule has 8 heteroatoms. The standard InChI is InChI=1S/C17H18ClN3O4/c1-11(19-16(23)14-8-5-9-25-14)17(24)21(2)10-15(22)20-13-7-4-3-6-12(13)18/h3-9,11H,10H2,1-2H3,(H,19,23)(H,20,22)/t11-/m0/s1. The van der Waals surface area contributed by atoms with Crippen LogP contribution in [0.2, 0.25) is 5.02 Å². The topological polar surface area (TPSA) is 91.7 Å². The largest absolute Gasteiger partial charge is 0.459 e. The highest BCUT2D eigenvalue weighted by Crippen LogP contribution is 2.20. The van der Waals surface area contributed by atoms with Gasteiger partial charge in [0.25, 0.3) is 5.91 Å². The van der Waals surface area contributed by atoms with Crippen molar-refractivity contribution in [2.75, 3.05) is 18.9 Å². The van der Waals surface area contributed by atoms with Crippen molar-refractivity contribution in [1.82, 2.24) is 10.2 Å². The summed E-state index contributed by atoms with van der Waals surface area (Å²) < 4.78 is 4.96. The Kier molecular flexibility index (Phi) is 6.19. The highest BCUT2D eigenvalue weighted by Gasteiger charge is 2.22. The summed E-state index contributed by atoms with van der Waals surface area (Å²) in [5.74, 6) is -1.19. The van der Waals surface area contributed by atoms with Crippen LogP contribution >= 0.6 is 11.6 Å². The molecule has 0 aliphatic heterocycles. The number of likely N-dealkylation sites (N-methyl/N-ethyl adjacent to an activating group) is 1. The van der Waals surface area contributed by atoms with E-state index in [0.717, 1.165) is 0 Å². The van der Waals surface area contributed by atoms with E-state index in [0.29, 0.717) is 10.7 Å². The second kappa shape index (κ2) is 8.34. The molecule has 132 valence electrons. The normalized spacial score (nSPS) is 11.5. The summed E-state index contributed by atoms with van der Waals surface area (Å²) in [7, 11) is 1.48. The zero-order valence-electron chi connectivity index (χ0n) is 13.8. The number of amides is 3. The smallest absolute Gasteiger partial charge is 0.287 e. The molecule has 1 heterocycles. The van der Waals surface area contributed by atoms with E-state index in [4.69, 9.17) is 16.0 Å². The average molecular weight is 364 g/mol. The van der Waals surface area contributed by atoms with Crippen LogP contribution < -0.4 is 10.6 Å². The Morgan fingerprint density at radius 3 is 2.56 bits per heavy atom. The molecule has 0 unspecified atom stereocenters. The van der Waals surface area contributed by atoms with Crippen molar-refractivity contribution in [3.05, 3.63) is 53.4 Å². The molecule has 0 spiro atoms. The second-order valence-corrected chi connectivity index (χ2v) is 5.80. The number of carbonyl (C=O) groups is 3. The number of rotatable bonds is 6. The first kappa shape index (κ1) is 18.5. The maximum Gasteiger partial charge on any atom is 0.287 e. The van der Waals surface area contributed by atoms with Crippen LogP contribution in [0.25, 0.3) is 0 Å². The molecule has 0 aliphatic carbocycles. The molecule has 0 saturated carbocycles. The predicted molar refractivity (Wildman–Crippen MR) is 93.4 cm³/mol. The number of anilines is 1. The van der Waals surface area contributed by atoms with Crippen LogP contribution in [-0.2, 0) is 9.59 Å². The molecule has 0 saturated heterocycles. The van der Waals surface area contributed by atoms with E-state index in [1.165, 1.54) is 31.2 Å². The van der Waals surface area contributed by atoms with Crippen molar-refractivity contribution in [3.63, 3.8) is 0 Å². The van der Waals surface area contributed by atoms with Gasteiger partial charge in [-0.05, 0) is 31.2 Å². The van der Waals surface area contributed by atoms with Gasteiger partial charge >= 0.3 is 0 Å². The van der Waals surface area contributed by atoms with Crippen molar-refractivity contribution in [1.29, 1.82) is 0 Å². The fourth-order valence-corrected chi connectivity index (χ4v) is 2.30. The molecule has 25 heavy (non-hydrogen) atoms. The van der Waals surface area contributed by atoms with Gasteiger partial charge in [-0.25, -0.2) is 0 Å². The fourth-order valence-electron chi connectivity index (χ4n) is 2.11. The Morgan fingerprint density at radius 1 is 1.20 bits per heavy atom. The molecule has 2 aromatic rings. The lowest BCUT2D eigenvalue weighted by molar-refractivity contribution is -0.134. The van der Waals surface area contributed by atoms with E-state index in [-0.39, 0.29) is 12.3 Å². The first-order valence-electron chi connectivity index (χ1n) is 7.52. The third kappa shape index (κ3) is 5.09. The van der Waals surface area contributed by atoms with Crippen LogP contribution in [0.15, 0.2) is 47.1 Å². The van der Waals surface area contributed by atoms with Gasteiger partial charge in [0.15, 0.2) is 5.76 Å². The highest BCUT2D eigenvalue weighted by molar-refractivity contribution is 6.33. The average Bonchev–Trinajstić information content (AvgIpc) is 3.10. The SMILES string of the molecule is C[C@H](NC(=O)c1ccco1)C(=O)N(C)CC(=O)Nc1ccccc1Cl. The van der Waals surface area contributed by atoms with Crippen LogP contribution in [0.1, 0.15) is 17.5 Å². The van der Waals surface area contributed by atoms with Gasteiger partial charge in [0.2, 0.25) is 11.8 Å². The third-order valence-corrected chi connectivity index (χ3v) is 3.70. The maximum atomic E-state index is 12.3. The Morgan fingerprint density at radius 2 is 1.92 bits per heavy atom. The van der Waals surface area contributed by atoms with E-state index in [9.17, 15) is 14.4 Å². The number of halogens is 1. The van der Waals surface area contributed by atoms with Crippen molar-refractivity contribution in [2.45, 2.75) is 13.0 Å². The summed E-state index contributed by atoms with van der Waals surface area (Å²) >= 11 is 5.97. The number of para-hydroxylation sites is 1. The number of hydrogen-bond acceptors (Lipinski definition) is 4. The minimum absolute atomic E-state index is 0.110. The van der Waals surface area contributed by atoms with E-state index in [1.807, 2.05) is 0 Å². The van der Waals surface area contributed by atoms with Gasteiger partial charge in [-0.3, -0.25) is 14.4 Å². The third-order valence-electron chi connectivity index (χ3n) is 3.37. The first-order chi connectivity index (χ1) is 11.9. The Labute approximate surface area is 149 Å². The van der Waals surface area contributed by atoms with Crippen molar-refractivity contribution >= 4 is 35.0 Å². The zero-order valence-corrected chi connectivity index (χ0v) is 14.5. The van der Waals surface area contributed by atoms with Crippen LogP contribution in [0, 0.1) is 0 Å². The number of benzene rings is 1. The fraction of sp³-hybridized carbons (Fsp3) is 0.235. The van der Waals surface area contributed by atoms with Crippen LogP contribution in [-0.4, -0.2) is 42.3 Å². The quantitative estimate of drug-likeness (QED) is 0.822. The first-order valence-corrected chi connectivity index (χ1v) is 7.90. The lowest BCUT2D eigenvalue weighted by Gasteiger charge is -2.21. The minimum Gasteiger partial charge on any atom is -0.459 e. The van der Waals surface area contributed by atoms with Crippen LogP contribution in [0.3, 0.4) is 0 Å². The summed E-state index contributed by atoms with van der Waals surface area (Å²) in [4.78, 5) is 37.4. The van der Waals surface area contributed by atoms with E-state index < -0.39 is 23.8 Å². The monoisotopic (exact) mass is 363 g/mol. The molecule has 0 aliphatic rings. The maximum absolute atomic E-state index is 12.3. The molecule has 1 atom stereocenters. The van der Waals surface area contributed by atoms with E-state index in [2.05, 4.69) is 10.6 Å². The van der Waals surface area contributed by atoms with Crippen LogP contribution in [0.4, 0.5) is 5.69 Å². The molecule has 0 bridgehead atoms. The molecule has 1 aromatic carbocycles.